The number of rotatable bonds is 5. The van der Waals surface area contributed by atoms with E-state index in [2.05, 4.69) is 0 Å². The number of carbonyl (C=O) groups is 2. The van der Waals surface area contributed by atoms with Gasteiger partial charge in [0.05, 0.1) is 6.42 Å². The Morgan fingerprint density at radius 1 is 0.933 bits per heavy atom. The van der Waals surface area contributed by atoms with Crippen molar-refractivity contribution in [1.29, 1.82) is 0 Å². The first-order valence-corrected chi connectivity index (χ1v) is 4.49. The van der Waals surface area contributed by atoms with Crippen LogP contribution in [0.5, 0.6) is 0 Å². The number of hydrogen-bond acceptors (Lipinski definition) is 2. The Hall–Kier alpha value is -0.940. The average Bonchev–Trinajstić information content (AvgIpc) is 2.14. The van der Waals surface area contributed by atoms with Crippen LogP contribution in [-0.2, 0) is 9.59 Å². The summed E-state index contributed by atoms with van der Waals surface area (Å²) in [6.07, 6.45) is -6.94. The minimum absolute atomic E-state index is 0.229. The topological polar surface area (TPSA) is 34.1 Å². The molecule has 88 valence electrons. The first kappa shape index (κ1) is 14.1. The summed E-state index contributed by atoms with van der Waals surface area (Å²) in [6, 6.07) is 0. The lowest BCUT2D eigenvalue weighted by Gasteiger charge is -2.20. The van der Waals surface area contributed by atoms with Crippen LogP contribution in [0, 0.1) is 0 Å². The molecule has 0 N–H and O–H groups in total. The Labute approximate surface area is 84.6 Å². The molecule has 0 spiro atoms. The molecule has 0 bridgehead atoms. The Kier molecular flexibility index (Phi) is 4.42. The molecule has 0 amide bonds. The molecule has 0 aromatic carbocycles. The number of hydrogen-bond donors (Lipinski definition) is 0. The van der Waals surface area contributed by atoms with Crippen molar-refractivity contribution in [1.82, 2.24) is 0 Å². The lowest BCUT2D eigenvalue weighted by Crippen LogP contribution is -2.36. The second-order valence-electron chi connectivity index (χ2n) is 3.19. The van der Waals surface area contributed by atoms with Gasteiger partial charge in [-0.1, -0.05) is 13.8 Å². The number of ketones is 2. The maximum Gasteiger partial charge on any atom is 0.450 e. The molecule has 0 unspecified atom stereocenters. The van der Waals surface area contributed by atoms with E-state index >= 15 is 0 Å². The zero-order chi connectivity index (χ0) is 12.3. The molecular weight excluding hydrogens is 216 g/mol. The number of halogens is 4. The van der Waals surface area contributed by atoms with Crippen molar-refractivity contribution in [2.45, 2.75) is 45.0 Å². The second kappa shape index (κ2) is 4.72. The molecule has 0 rings (SSSR count). The van der Waals surface area contributed by atoms with Gasteiger partial charge in [0, 0.05) is 0 Å². The summed E-state index contributed by atoms with van der Waals surface area (Å²) in [5.41, 5.74) is -2.32. The molecule has 0 radical (unpaired) electrons. The first-order chi connectivity index (χ1) is 6.67. The fraction of sp³-hybridized carbons (Fsp3) is 0.778. The molecule has 0 fully saturated rings. The zero-order valence-corrected chi connectivity index (χ0v) is 8.45. The van der Waals surface area contributed by atoms with Gasteiger partial charge in [0.15, 0.2) is 11.5 Å². The monoisotopic (exact) mass is 228 g/mol. The molecule has 0 aliphatic carbocycles. The van der Waals surface area contributed by atoms with Gasteiger partial charge in [0.25, 0.3) is 0 Å². The molecule has 15 heavy (non-hydrogen) atoms. The second-order valence-corrected chi connectivity index (χ2v) is 3.19. The normalized spacial score (nSPS) is 12.7. The largest absolute Gasteiger partial charge is 0.450 e. The van der Waals surface area contributed by atoms with Crippen molar-refractivity contribution in [3.8, 4) is 0 Å². The van der Waals surface area contributed by atoms with Gasteiger partial charge in [-0.05, 0) is 12.8 Å². The van der Waals surface area contributed by atoms with Gasteiger partial charge >= 0.3 is 6.18 Å². The van der Waals surface area contributed by atoms with Crippen LogP contribution in [0.4, 0.5) is 17.6 Å². The maximum absolute atomic E-state index is 13.5. The summed E-state index contributed by atoms with van der Waals surface area (Å²) in [4.78, 5) is 21.5. The molecule has 0 aliphatic heterocycles. The van der Waals surface area contributed by atoms with E-state index in [0.717, 1.165) is 0 Å². The van der Waals surface area contributed by atoms with E-state index < -0.39 is 29.8 Å². The molecule has 0 aromatic rings. The van der Waals surface area contributed by atoms with E-state index in [-0.39, 0.29) is 12.8 Å². The van der Waals surface area contributed by atoms with Gasteiger partial charge < -0.3 is 0 Å². The molecule has 0 saturated heterocycles. The fourth-order valence-electron chi connectivity index (χ4n) is 1.05. The molecule has 0 atom stereocenters. The van der Waals surface area contributed by atoms with Crippen molar-refractivity contribution in [2.24, 2.45) is 0 Å². The van der Waals surface area contributed by atoms with Gasteiger partial charge in [0.1, 0.15) is 0 Å². The summed E-state index contributed by atoms with van der Waals surface area (Å²) in [5, 5.41) is 0. The third-order valence-corrected chi connectivity index (χ3v) is 2.26. The van der Waals surface area contributed by atoms with Crippen LogP contribution in [0.15, 0.2) is 0 Å². The highest BCUT2D eigenvalue weighted by atomic mass is 19.4. The van der Waals surface area contributed by atoms with E-state index in [1.165, 1.54) is 13.8 Å². The van der Waals surface area contributed by atoms with E-state index in [9.17, 15) is 27.2 Å². The summed E-state index contributed by atoms with van der Waals surface area (Å²) in [7, 11) is 0. The predicted molar refractivity (Wildman–Crippen MR) is 45.1 cm³/mol. The lowest BCUT2D eigenvalue weighted by molar-refractivity contribution is -0.172. The Bertz CT molecular complexity index is 253. The Morgan fingerprint density at radius 3 is 1.60 bits per heavy atom. The van der Waals surface area contributed by atoms with Crippen LogP contribution < -0.4 is 0 Å². The van der Waals surface area contributed by atoms with Gasteiger partial charge in [-0.15, -0.1) is 0 Å². The van der Waals surface area contributed by atoms with Crippen molar-refractivity contribution >= 4 is 11.6 Å². The smallest absolute Gasteiger partial charge is 0.296 e. The first-order valence-electron chi connectivity index (χ1n) is 4.49. The summed E-state index contributed by atoms with van der Waals surface area (Å²) >= 11 is 0. The SMILES string of the molecule is CCC(F)(CC)C(=O)CC(=O)C(F)(F)F. The summed E-state index contributed by atoms with van der Waals surface area (Å²) < 4.78 is 48.9. The number of carbonyl (C=O) groups excluding carboxylic acids is 2. The summed E-state index contributed by atoms with van der Waals surface area (Å²) in [5.74, 6) is -3.49. The minimum Gasteiger partial charge on any atom is -0.296 e. The Balaban J connectivity index is 4.57. The van der Waals surface area contributed by atoms with Crippen LogP contribution >= 0.6 is 0 Å². The van der Waals surface area contributed by atoms with Gasteiger partial charge in [-0.3, -0.25) is 9.59 Å². The van der Waals surface area contributed by atoms with E-state index in [1.807, 2.05) is 0 Å². The Morgan fingerprint density at radius 2 is 1.33 bits per heavy atom. The molecule has 0 saturated carbocycles. The number of alkyl halides is 4. The van der Waals surface area contributed by atoms with Crippen molar-refractivity contribution in [2.75, 3.05) is 0 Å². The van der Waals surface area contributed by atoms with Gasteiger partial charge in [-0.25, -0.2) is 4.39 Å². The van der Waals surface area contributed by atoms with E-state index in [4.69, 9.17) is 0 Å². The highest BCUT2D eigenvalue weighted by molar-refractivity contribution is 6.04. The van der Waals surface area contributed by atoms with Crippen LogP contribution in [0.25, 0.3) is 0 Å². The molecule has 6 heteroatoms. The molecule has 0 heterocycles. The van der Waals surface area contributed by atoms with Crippen molar-refractivity contribution < 1.29 is 27.2 Å². The van der Waals surface area contributed by atoms with Gasteiger partial charge in [0.2, 0.25) is 5.78 Å². The van der Waals surface area contributed by atoms with E-state index in [1.54, 1.807) is 0 Å². The molecule has 0 aromatic heterocycles. The van der Waals surface area contributed by atoms with Crippen molar-refractivity contribution in [3.05, 3.63) is 0 Å². The lowest BCUT2D eigenvalue weighted by atomic mass is 9.91. The van der Waals surface area contributed by atoms with Crippen LogP contribution in [-0.4, -0.2) is 23.4 Å². The third-order valence-electron chi connectivity index (χ3n) is 2.26. The highest BCUT2D eigenvalue weighted by Gasteiger charge is 2.43. The minimum atomic E-state index is -5.07. The van der Waals surface area contributed by atoms with Crippen LogP contribution in [0.1, 0.15) is 33.1 Å². The number of Topliss-reactive ketones (excluding diaryl/α,β-unsaturated/α-hetero) is 2. The molecule has 0 aliphatic rings. The standard InChI is InChI=1S/C9H12F4O2/c1-3-8(10,4-2)6(14)5-7(15)9(11,12)13/h3-5H2,1-2H3. The summed E-state index contributed by atoms with van der Waals surface area (Å²) in [6.45, 7) is 2.69. The average molecular weight is 228 g/mol. The predicted octanol–water partition coefficient (Wildman–Crippen LogP) is 2.61. The van der Waals surface area contributed by atoms with Crippen LogP contribution in [0.3, 0.4) is 0 Å². The quantitative estimate of drug-likeness (QED) is 0.535. The third kappa shape index (κ3) is 3.60. The maximum atomic E-state index is 13.5. The van der Waals surface area contributed by atoms with Crippen molar-refractivity contribution in [3.63, 3.8) is 0 Å². The van der Waals surface area contributed by atoms with Crippen LogP contribution in [0.2, 0.25) is 0 Å². The fourth-order valence-corrected chi connectivity index (χ4v) is 1.05. The zero-order valence-electron chi connectivity index (χ0n) is 8.45. The molecular formula is C9H12F4O2. The molecule has 2 nitrogen and oxygen atoms in total. The highest BCUT2D eigenvalue weighted by Crippen LogP contribution is 2.26. The van der Waals surface area contributed by atoms with Gasteiger partial charge in [-0.2, -0.15) is 13.2 Å². The van der Waals surface area contributed by atoms with E-state index in [0.29, 0.717) is 0 Å².